The van der Waals surface area contributed by atoms with Crippen LogP contribution in [0.3, 0.4) is 0 Å². The van der Waals surface area contributed by atoms with Crippen LogP contribution >= 0.6 is 23.2 Å². The van der Waals surface area contributed by atoms with E-state index in [-0.39, 0.29) is 6.10 Å². The van der Waals surface area contributed by atoms with E-state index in [2.05, 4.69) is 4.90 Å². The molecule has 3 rings (SSSR count). The van der Waals surface area contributed by atoms with E-state index in [9.17, 15) is 0 Å². The van der Waals surface area contributed by atoms with Crippen LogP contribution in [0.25, 0.3) is 0 Å². The molecule has 0 spiro atoms. The molecule has 0 saturated carbocycles. The number of halogens is 2. The quantitative estimate of drug-likeness (QED) is 0.797. The Morgan fingerprint density at radius 1 is 1.04 bits per heavy atom. The molecule has 0 bridgehead atoms. The van der Waals surface area contributed by atoms with Crippen molar-refractivity contribution in [2.24, 2.45) is 0 Å². The predicted molar refractivity (Wildman–Crippen MR) is 97.9 cm³/mol. The Bertz CT molecular complexity index is 697. The zero-order valence-electron chi connectivity index (χ0n) is 13.1. The van der Waals surface area contributed by atoms with Crippen LogP contribution in [0.2, 0.25) is 10.0 Å². The Labute approximate surface area is 146 Å². The fourth-order valence-electron chi connectivity index (χ4n) is 2.88. The molecule has 0 aromatic heterocycles. The second-order valence-electron chi connectivity index (χ2n) is 5.95. The van der Waals surface area contributed by atoms with Gasteiger partial charge in [0.05, 0.1) is 15.7 Å². The summed E-state index contributed by atoms with van der Waals surface area (Å²) in [5.41, 5.74) is 8.61. The minimum Gasteiger partial charge on any atom is -0.489 e. The topological polar surface area (TPSA) is 38.5 Å². The molecule has 0 atom stereocenters. The van der Waals surface area contributed by atoms with Gasteiger partial charge in [0.2, 0.25) is 0 Å². The molecular weight excluding hydrogens is 331 g/mol. The molecule has 1 fully saturated rings. The molecule has 0 radical (unpaired) electrons. The summed E-state index contributed by atoms with van der Waals surface area (Å²) in [5.74, 6) is 0.765. The third-order valence-electron chi connectivity index (χ3n) is 4.14. The first-order valence-electron chi connectivity index (χ1n) is 7.76. The summed E-state index contributed by atoms with van der Waals surface area (Å²) in [6.45, 7) is 3.82. The lowest BCUT2D eigenvalue weighted by Crippen LogP contribution is -2.38. The molecule has 1 aliphatic heterocycles. The number of hydrogen-bond donors (Lipinski definition) is 1. The second-order valence-corrected chi connectivity index (χ2v) is 6.76. The fourth-order valence-corrected chi connectivity index (χ4v) is 3.46. The van der Waals surface area contributed by atoms with Crippen LogP contribution in [0, 0.1) is 6.92 Å². The molecule has 1 aliphatic rings. The van der Waals surface area contributed by atoms with Crippen molar-refractivity contribution < 1.29 is 4.74 Å². The Hall–Kier alpha value is -1.58. The fraction of sp³-hybridized carbons (Fsp3) is 0.333. The summed E-state index contributed by atoms with van der Waals surface area (Å²) in [4.78, 5) is 2.28. The van der Waals surface area contributed by atoms with Gasteiger partial charge in [-0.3, -0.25) is 0 Å². The van der Waals surface area contributed by atoms with Crippen LogP contribution in [-0.2, 0) is 0 Å². The van der Waals surface area contributed by atoms with Crippen LogP contribution in [0.4, 0.5) is 11.4 Å². The summed E-state index contributed by atoms with van der Waals surface area (Å²) in [7, 11) is 0. The van der Waals surface area contributed by atoms with Crippen LogP contribution in [-0.4, -0.2) is 19.2 Å². The van der Waals surface area contributed by atoms with Gasteiger partial charge in [0.1, 0.15) is 11.9 Å². The van der Waals surface area contributed by atoms with E-state index < -0.39 is 0 Å². The van der Waals surface area contributed by atoms with Crippen molar-refractivity contribution in [1.29, 1.82) is 0 Å². The maximum Gasteiger partial charge on any atom is 0.138 e. The van der Waals surface area contributed by atoms with Gasteiger partial charge in [-0.2, -0.15) is 0 Å². The Morgan fingerprint density at radius 3 is 2.43 bits per heavy atom. The highest BCUT2D eigenvalue weighted by atomic mass is 35.5. The summed E-state index contributed by atoms with van der Waals surface area (Å²) >= 11 is 12.5. The van der Waals surface area contributed by atoms with E-state index in [4.69, 9.17) is 33.7 Å². The first-order valence-corrected chi connectivity index (χ1v) is 8.51. The van der Waals surface area contributed by atoms with Crippen molar-refractivity contribution in [2.45, 2.75) is 25.9 Å². The molecule has 0 unspecified atom stereocenters. The minimum absolute atomic E-state index is 0.180. The first kappa shape index (κ1) is 16.3. The number of ether oxygens (including phenoxy) is 1. The van der Waals surface area contributed by atoms with Crippen LogP contribution in [0.5, 0.6) is 5.75 Å². The van der Waals surface area contributed by atoms with Crippen molar-refractivity contribution in [1.82, 2.24) is 0 Å². The van der Waals surface area contributed by atoms with Gasteiger partial charge in [0.15, 0.2) is 0 Å². The highest BCUT2D eigenvalue weighted by molar-refractivity contribution is 6.33. The van der Waals surface area contributed by atoms with E-state index in [0.717, 1.165) is 42.9 Å². The lowest BCUT2D eigenvalue weighted by Gasteiger charge is -2.34. The normalized spacial score (nSPS) is 15.7. The lowest BCUT2D eigenvalue weighted by molar-refractivity contribution is 0.171. The molecule has 2 N–H and O–H groups in total. The largest absolute Gasteiger partial charge is 0.489 e. The number of nitrogen functional groups attached to an aromatic ring is 1. The van der Waals surface area contributed by atoms with Crippen molar-refractivity contribution in [3.05, 3.63) is 52.0 Å². The van der Waals surface area contributed by atoms with Gasteiger partial charge in [-0.25, -0.2) is 0 Å². The maximum absolute atomic E-state index is 6.29. The van der Waals surface area contributed by atoms with Crippen molar-refractivity contribution in [3.8, 4) is 5.75 Å². The van der Waals surface area contributed by atoms with Crippen LogP contribution in [0.1, 0.15) is 18.4 Å². The number of anilines is 2. The van der Waals surface area contributed by atoms with Crippen molar-refractivity contribution in [3.63, 3.8) is 0 Å². The second kappa shape index (κ2) is 6.90. The zero-order chi connectivity index (χ0) is 16.4. The average molecular weight is 351 g/mol. The standard InChI is InChI=1S/C18H20Cl2N2O/c1-12-2-5-18(16(20)10-12)23-14-6-8-22(9-7-14)17-4-3-13(21)11-15(17)19/h2-5,10-11,14H,6-9,21H2,1H3. The molecule has 2 aromatic carbocycles. The smallest absolute Gasteiger partial charge is 0.138 e. The van der Waals surface area contributed by atoms with E-state index in [1.54, 1.807) is 6.07 Å². The number of rotatable bonds is 3. The molecule has 1 saturated heterocycles. The molecule has 122 valence electrons. The van der Waals surface area contributed by atoms with Gasteiger partial charge in [-0.1, -0.05) is 29.3 Å². The molecule has 3 nitrogen and oxygen atoms in total. The first-order chi connectivity index (χ1) is 11.0. The third kappa shape index (κ3) is 3.85. The minimum atomic E-state index is 0.180. The van der Waals surface area contributed by atoms with Crippen molar-refractivity contribution >= 4 is 34.6 Å². The number of aryl methyl sites for hydroxylation is 1. The van der Waals surface area contributed by atoms with Gasteiger partial charge in [-0.15, -0.1) is 0 Å². The molecule has 0 aliphatic carbocycles. The number of benzene rings is 2. The van der Waals surface area contributed by atoms with E-state index >= 15 is 0 Å². The summed E-state index contributed by atoms with van der Waals surface area (Å²) in [6, 6.07) is 11.6. The maximum atomic E-state index is 6.29. The highest BCUT2D eigenvalue weighted by Gasteiger charge is 2.22. The van der Waals surface area contributed by atoms with Crippen LogP contribution in [0.15, 0.2) is 36.4 Å². The van der Waals surface area contributed by atoms with Gasteiger partial charge < -0.3 is 15.4 Å². The van der Waals surface area contributed by atoms with Gasteiger partial charge in [0, 0.05) is 31.6 Å². The highest BCUT2D eigenvalue weighted by Crippen LogP contribution is 2.32. The van der Waals surface area contributed by atoms with Gasteiger partial charge >= 0.3 is 0 Å². The Kier molecular flexibility index (Phi) is 4.88. The van der Waals surface area contributed by atoms with Gasteiger partial charge in [0.25, 0.3) is 0 Å². The average Bonchev–Trinajstić information content (AvgIpc) is 2.51. The zero-order valence-corrected chi connectivity index (χ0v) is 14.6. The Morgan fingerprint density at radius 2 is 1.78 bits per heavy atom. The molecular formula is C18H20Cl2N2O. The summed E-state index contributed by atoms with van der Waals surface area (Å²) < 4.78 is 6.06. The molecule has 5 heteroatoms. The summed E-state index contributed by atoms with van der Waals surface area (Å²) in [5, 5.41) is 1.37. The third-order valence-corrected chi connectivity index (χ3v) is 4.73. The monoisotopic (exact) mass is 350 g/mol. The van der Waals surface area contributed by atoms with E-state index in [1.165, 1.54) is 0 Å². The number of nitrogens with two attached hydrogens (primary N) is 1. The molecule has 0 amide bonds. The summed E-state index contributed by atoms with van der Waals surface area (Å²) in [6.07, 6.45) is 2.05. The predicted octanol–water partition coefficient (Wildman–Crippen LogP) is 4.93. The van der Waals surface area contributed by atoms with Gasteiger partial charge in [-0.05, 0) is 42.8 Å². The molecule has 2 aromatic rings. The lowest BCUT2D eigenvalue weighted by atomic mass is 10.1. The van der Waals surface area contributed by atoms with E-state index in [1.807, 2.05) is 37.3 Å². The molecule has 1 heterocycles. The van der Waals surface area contributed by atoms with E-state index in [0.29, 0.717) is 15.7 Å². The van der Waals surface area contributed by atoms with Crippen molar-refractivity contribution in [2.75, 3.05) is 23.7 Å². The number of piperidine rings is 1. The Balaban J connectivity index is 1.62. The number of hydrogen-bond acceptors (Lipinski definition) is 3. The van der Waals surface area contributed by atoms with Crippen LogP contribution < -0.4 is 15.4 Å². The molecule has 23 heavy (non-hydrogen) atoms. The SMILES string of the molecule is Cc1ccc(OC2CCN(c3ccc(N)cc3Cl)CC2)c(Cl)c1. The number of nitrogens with zero attached hydrogens (tertiary/aromatic N) is 1.